The van der Waals surface area contributed by atoms with Gasteiger partial charge in [0, 0.05) is 25.7 Å². The number of aliphatic imine (C=N–C) groups is 1. The predicted octanol–water partition coefficient (Wildman–Crippen LogP) is 2.93. The van der Waals surface area contributed by atoms with Gasteiger partial charge in [0.15, 0.2) is 0 Å². The molecule has 6 heteroatoms. The summed E-state index contributed by atoms with van der Waals surface area (Å²) in [6.45, 7) is 0. The summed E-state index contributed by atoms with van der Waals surface area (Å²) >= 11 is 0. The number of hydrogen-bond acceptors (Lipinski definition) is 5. The number of anilines is 1. The predicted molar refractivity (Wildman–Crippen MR) is 92.3 cm³/mol. The summed E-state index contributed by atoms with van der Waals surface area (Å²) in [5, 5.41) is 12.3. The molecule has 0 radical (unpaired) electrons. The van der Waals surface area contributed by atoms with E-state index in [4.69, 9.17) is 15.0 Å². The number of ether oxygens (including phenoxy) is 1. The Balaban J connectivity index is 1.84. The third-order valence-electron chi connectivity index (χ3n) is 4.17. The molecule has 2 aromatic heterocycles. The maximum Gasteiger partial charge on any atom is 0.140 e. The Bertz CT molecular complexity index is 1030. The van der Waals surface area contributed by atoms with Crippen molar-refractivity contribution in [2.45, 2.75) is 6.42 Å². The topological polar surface area (TPSA) is 74.7 Å². The summed E-state index contributed by atoms with van der Waals surface area (Å²) in [5.74, 6) is 1.66. The standard InChI is InChI=1S/C18H15N5O/c1-20-18-17(22-16-7-11(10-19)5-6-23(16)18)15-8-12-3-4-13(24-2)9-14(12)21-15/h3-7,9,20H,8H2,1-2H3. The molecule has 0 bridgehead atoms. The molecule has 118 valence electrons. The van der Waals surface area contributed by atoms with Crippen molar-refractivity contribution in [3.63, 3.8) is 0 Å². The van der Waals surface area contributed by atoms with Crippen LogP contribution in [0.2, 0.25) is 0 Å². The summed E-state index contributed by atoms with van der Waals surface area (Å²) in [7, 11) is 3.51. The molecule has 1 aliphatic heterocycles. The van der Waals surface area contributed by atoms with Gasteiger partial charge in [0.1, 0.15) is 22.9 Å². The number of nitrogens with zero attached hydrogens (tertiary/aromatic N) is 4. The SMILES string of the molecule is CNc1c(C2=Nc3cc(OC)ccc3C2)nc2cc(C#N)ccn12. The van der Waals surface area contributed by atoms with Gasteiger partial charge in [-0.15, -0.1) is 0 Å². The van der Waals surface area contributed by atoms with Gasteiger partial charge in [-0.1, -0.05) is 6.07 Å². The van der Waals surface area contributed by atoms with E-state index >= 15 is 0 Å². The van der Waals surface area contributed by atoms with Crippen molar-refractivity contribution in [1.82, 2.24) is 9.38 Å². The Morgan fingerprint density at radius 1 is 1.29 bits per heavy atom. The average molecular weight is 317 g/mol. The molecule has 4 rings (SSSR count). The van der Waals surface area contributed by atoms with Crippen molar-refractivity contribution < 1.29 is 4.74 Å². The van der Waals surface area contributed by atoms with E-state index in [1.165, 1.54) is 0 Å². The molecular formula is C18H15N5O. The van der Waals surface area contributed by atoms with E-state index in [9.17, 15) is 0 Å². The number of benzene rings is 1. The number of aromatic nitrogens is 2. The Morgan fingerprint density at radius 2 is 2.17 bits per heavy atom. The second-order valence-electron chi connectivity index (χ2n) is 5.54. The number of nitrogens with one attached hydrogen (secondary N) is 1. The van der Waals surface area contributed by atoms with Gasteiger partial charge in [-0.05, 0) is 23.8 Å². The molecule has 3 heterocycles. The molecule has 6 nitrogen and oxygen atoms in total. The molecule has 0 unspecified atom stereocenters. The smallest absolute Gasteiger partial charge is 0.140 e. The van der Waals surface area contributed by atoms with Crippen molar-refractivity contribution in [1.29, 1.82) is 5.26 Å². The molecule has 0 atom stereocenters. The molecular weight excluding hydrogens is 302 g/mol. The summed E-state index contributed by atoms with van der Waals surface area (Å²) in [6, 6.07) is 11.6. The number of methoxy groups -OCH3 is 1. The third-order valence-corrected chi connectivity index (χ3v) is 4.17. The lowest BCUT2D eigenvalue weighted by atomic mass is 10.1. The lowest BCUT2D eigenvalue weighted by Gasteiger charge is -2.03. The van der Waals surface area contributed by atoms with Gasteiger partial charge in [-0.2, -0.15) is 5.26 Å². The summed E-state index contributed by atoms with van der Waals surface area (Å²) in [6.07, 6.45) is 2.57. The van der Waals surface area contributed by atoms with Crippen molar-refractivity contribution >= 4 is 22.9 Å². The molecule has 0 saturated heterocycles. The van der Waals surface area contributed by atoms with Crippen LogP contribution in [0, 0.1) is 11.3 Å². The molecule has 0 amide bonds. The van der Waals surface area contributed by atoms with Crippen LogP contribution in [0.15, 0.2) is 41.5 Å². The first kappa shape index (κ1) is 14.3. The normalized spacial score (nSPS) is 12.6. The minimum atomic E-state index is 0.586. The summed E-state index contributed by atoms with van der Waals surface area (Å²) in [5.41, 5.74) is 5.10. The molecule has 1 N–H and O–H groups in total. The van der Waals surface area contributed by atoms with Crippen LogP contribution in [0.4, 0.5) is 11.5 Å². The monoisotopic (exact) mass is 317 g/mol. The number of pyridine rings is 1. The van der Waals surface area contributed by atoms with Crippen LogP contribution >= 0.6 is 0 Å². The lowest BCUT2D eigenvalue weighted by molar-refractivity contribution is 0.415. The highest BCUT2D eigenvalue weighted by molar-refractivity contribution is 6.09. The van der Waals surface area contributed by atoms with E-state index in [1.807, 2.05) is 35.8 Å². The first-order chi connectivity index (χ1) is 11.7. The molecule has 0 aliphatic carbocycles. The first-order valence-corrected chi connectivity index (χ1v) is 7.58. The Hall–Kier alpha value is -3.33. The van der Waals surface area contributed by atoms with E-state index in [2.05, 4.69) is 16.4 Å². The molecule has 1 aromatic carbocycles. The van der Waals surface area contributed by atoms with Gasteiger partial charge < -0.3 is 10.1 Å². The molecule has 1 aliphatic rings. The van der Waals surface area contributed by atoms with Crippen molar-refractivity contribution in [2.75, 3.05) is 19.5 Å². The zero-order valence-electron chi connectivity index (χ0n) is 13.4. The zero-order chi connectivity index (χ0) is 16.7. The minimum absolute atomic E-state index is 0.586. The van der Waals surface area contributed by atoms with Crippen LogP contribution < -0.4 is 10.1 Å². The van der Waals surface area contributed by atoms with E-state index in [-0.39, 0.29) is 0 Å². The molecule has 0 fully saturated rings. The maximum atomic E-state index is 9.07. The summed E-state index contributed by atoms with van der Waals surface area (Å²) in [4.78, 5) is 9.42. The second kappa shape index (κ2) is 5.39. The van der Waals surface area contributed by atoms with Gasteiger partial charge in [-0.3, -0.25) is 9.39 Å². The highest BCUT2D eigenvalue weighted by Crippen LogP contribution is 2.33. The fourth-order valence-electron chi connectivity index (χ4n) is 2.98. The largest absolute Gasteiger partial charge is 0.497 e. The lowest BCUT2D eigenvalue weighted by Crippen LogP contribution is -2.05. The van der Waals surface area contributed by atoms with Gasteiger partial charge in [0.25, 0.3) is 0 Å². The van der Waals surface area contributed by atoms with E-state index in [0.29, 0.717) is 5.56 Å². The Morgan fingerprint density at radius 3 is 2.92 bits per heavy atom. The first-order valence-electron chi connectivity index (χ1n) is 7.58. The number of rotatable bonds is 3. The van der Waals surface area contributed by atoms with Crippen LogP contribution in [0.3, 0.4) is 0 Å². The number of imidazole rings is 1. The van der Waals surface area contributed by atoms with Gasteiger partial charge in [0.05, 0.1) is 30.1 Å². The van der Waals surface area contributed by atoms with E-state index < -0.39 is 0 Å². The third kappa shape index (κ3) is 2.10. The highest BCUT2D eigenvalue weighted by atomic mass is 16.5. The van der Waals surface area contributed by atoms with Crippen LogP contribution in [0.5, 0.6) is 5.75 Å². The fraction of sp³-hybridized carbons (Fsp3) is 0.167. The van der Waals surface area contributed by atoms with Crippen LogP contribution in [0.25, 0.3) is 5.65 Å². The molecule has 24 heavy (non-hydrogen) atoms. The minimum Gasteiger partial charge on any atom is -0.497 e. The van der Waals surface area contributed by atoms with Crippen molar-refractivity contribution in [3.8, 4) is 11.8 Å². The number of hydrogen-bond donors (Lipinski definition) is 1. The second-order valence-corrected chi connectivity index (χ2v) is 5.54. The quantitative estimate of drug-likeness (QED) is 0.806. The van der Waals surface area contributed by atoms with E-state index in [1.54, 1.807) is 19.2 Å². The summed E-state index contributed by atoms with van der Waals surface area (Å²) < 4.78 is 7.20. The van der Waals surface area contributed by atoms with Crippen LogP contribution in [-0.2, 0) is 6.42 Å². The van der Waals surface area contributed by atoms with Crippen LogP contribution in [0.1, 0.15) is 16.8 Å². The number of nitriles is 1. The van der Waals surface area contributed by atoms with E-state index in [0.717, 1.165) is 46.3 Å². The Kier molecular flexibility index (Phi) is 3.21. The molecule has 0 saturated carbocycles. The fourth-order valence-corrected chi connectivity index (χ4v) is 2.98. The highest BCUT2D eigenvalue weighted by Gasteiger charge is 2.22. The van der Waals surface area contributed by atoms with Gasteiger partial charge >= 0.3 is 0 Å². The molecule has 0 spiro atoms. The average Bonchev–Trinajstić information content (AvgIpc) is 3.20. The van der Waals surface area contributed by atoms with Crippen LogP contribution in [-0.4, -0.2) is 29.3 Å². The van der Waals surface area contributed by atoms with Crippen molar-refractivity contribution in [2.24, 2.45) is 4.99 Å². The Labute approximate surface area is 139 Å². The molecule has 3 aromatic rings. The van der Waals surface area contributed by atoms with Gasteiger partial charge in [0.2, 0.25) is 0 Å². The maximum absolute atomic E-state index is 9.07. The van der Waals surface area contributed by atoms with Crippen molar-refractivity contribution in [3.05, 3.63) is 53.3 Å². The zero-order valence-corrected chi connectivity index (χ0v) is 13.4. The van der Waals surface area contributed by atoms with Gasteiger partial charge in [-0.25, -0.2) is 4.98 Å². The number of fused-ring (bicyclic) bond motifs is 2.